The van der Waals surface area contributed by atoms with E-state index >= 15 is 0 Å². The lowest BCUT2D eigenvalue weighted by molar-refractivity contribution is -0.384. The van der Waals surface area contributed by atoms with Gasteiger partial charge in [0.15, 0.2) is 0 Å². The number of rotatable bonds is 9. The van der Waals surface area contributed by atoms with E-state index in [9.17, 15) is 29.6 Å². The van der Waals surface area contributed by atoms with E-state index in [1.54, 1.807) is 6.92 Å². The minimum atomic E-state index is -1.48. The van der Waals surface area contributed by atoms with Crippen molar-refractivity contribution in [2.45, 2.75) is 25.3 Å². The average Bonchev–Trinajstić information content (AvgIpc) is 2.71. The Kier molecular flexibility index (Phi) is 7.35. The molecule has 2 N–H and O–H groups in total. The molecular formula is C19H19N3O7. The molecule has 0 saturated heterocycles. The molecule has 0 aliphatic carbocycles. The van der Waals surface area contributed by atoms with E-state index in [1.807, 2.05) is 0 Å². The zero-order valence-electron chi connectivity index (χ0n) is 15.5. The first-order chi connectivity index (χ1) is 13.8. The van der Waals surface area contributed by atoms with Crippen LogP contribution in [0.1, 0.15) is 35.2 Å². The summed E-state index contributed by atoms with van der Waals surface area (Å²) in [7, 11) is 0. The van der Waals surface area contributed by atoms with Gasteiger partial charge in [0, 0.05) is 30.4 Å². The number of nitro benzene ring substituents is 1. The summed E-state index contributed by atoms with van der Waals surface area (Å²) in [5.41, 5.74) is 0.301. The lowest BCUT2D eigenvalue weighted by atomic mass is 9.88. The number of hydrogen-bond acceptors (Lipinski definition) is 7. The molecule has 1 amide bonds. The summed E-state index contributed by atoms with van der Waals surface area (Å²) in [6, 6.07) is 6.63. The zero-order valence-corrected chi connectivity index (χ0v) is 15.5. The van der Waals surface area contributed by atoms with E-state index in [2.05, 4.69) is 10.3 Å². The lowest BCUT2D eigenvalue weighted by Crippen LogP contribution is -2.45. The highest BCUT2D eigenvalue weighted by atomic mass is 16.6. The number of carboxylic acids is 1. The second-order valence-corrected chi connectivity index (χ2v) is 6.00. The van der Waals surface area contributed by atoms with Crippen LogP contribution in [0.15, 0.2) is 48.8 Å². The van der Waals surface area contributed by atoms with Crippen molar-refractivity contribution < 1.29 is 29.2 Å². The SMILES string of the molecule is CCOC(=O)C[C@H](c1ccc([N+](=O)[O-])cc1)[C@H](NC(=O)c1cccnc1)C(=O)O. The van der Waals surface area contributed by atoms with Gasteiger partial charge >= 0.3 is 11.9 Å². The summed E-state index contributed by atoms with van der Waals surface area (Å²) in [5, 5.41) is 23.0. The Morgan fingerprint density at radius 2 is 1.93 bits per heavy atom. The highest BCUT2D eigenvalue weighted by molar-refractivity contribution is 5.96. The molecule has 0 saturated carbocycles. The number of hydrogen-bond donors (Lipinski definition) is 2. The Bertz CT molecular complexity index is 884. The number of aliphatic carboxylic acids is 1. The van der Waals surface area contributed by atoms with E-state index in [4.69, 9.17) is 4.74 Å². The lowest BCUT2D eigenvalue weighted by Gasteiger charge is -2.24. The fraction of sp³-hybridized carbons (Fsp3) is 0.263. The van der Waals surface area contributed by atoms with Crippen LogP contribution in [-0.4, -0.2) is 45.5 Å². The first-order valence-electron chi connectivity index (χ1n) is 8.67. The van der Waals surface area contributed by atoms with Crippen molar-refractivity contribution >= 4 is 23.5 Å². The van der Waals surface area contributed by atoms with Crippen molar-refractivity contribution in [2.24, 2.45) is 0 Å². The third kappa shape index (κ3) is 5.83. The van der Waals surface area contributed by atoms with E-state index in [0.717, 1.165) is 0 Å². The van der Waals surface area contributed by atoms with Crippen molar-refractivity contribution in [3.63, 3.8) is 0 Å². The van der Waals surface area contributed by atoms with Gasteiger partial charge in [0.2, 0.25) is 0 Å². The normalized spacial score (nSPS) is 12.4. The van der Waals surface area contributed by atoms with Crippen LogP contribution >= 0.6 is 0 Å². The zero-order chi connectivity index (χ0) is 21.4. The van der Waals surface area contributed by atoms with Crippen LogP contribution in [-0.2, 0) is 14.3 Å². The van der Waals surface area contributed by atoms with Gasteiger partial charge in [-0.1, -0.05) is 12.1 Å². The summed E-state index contributed by atoms with van der Waals surface area (Å²) in [5.74, 6) is -3.71. The second-order valence-electron chi connectivity index (χ2n) is 6.00. The molecule has 2 atom stereocenters. The van der Waals surface area contributed by atoms with Gasteiger partial charge in [0.05, 0.1) is 23.5 Å². The molecule has 0 aliphatic heterocycles. The summed E-state index contributed by atoms with van der Waals surface area (Å²) < 4.78 is 4.91. The summed E-state index contributed by atoms with van der Waals surface area (Å²) in [6.07, 6.45) is 2.41. The van der Waals surface area contributed by atoms with E-state index in [-0.39, 0.29) is 24.3 Å². The third-order valence-corrected chi connectivity index (χ3v) is 4.10. The topological polar surface area (TPSA) is 149 Å². The van der Waals surface area contributed by atoms with Gasteiger partial charge < -0.3 is 15.2 Å². The smallest absolute Gasteiger partial charge is 0.326 e. The number of nitrogens with zero attached hydrogens (tertiary/aromatic N) is 2. The number of nitrogens with one attached hydrogen (secondary N) is 1. The van der Waals surface area contributed by atoms with Crippen molar-refractivity contribution in [3.05, 3.63) is 70.0 Å². The molecule has 10 heteroatoms. The number of non-ortho nitro benzene ring substituents is 1. The number of carboxylic acid groups (broad SMARTS) is 1. The summed E-state index contributed by atoms with van der Waals surface area (Å²) in [4.78, 5) is 50.5. The quantitative estimate of drug-likeness (QED) is 0.368. The number of carbonyl (C=O) groups is 3. The van der Waals surface area contributed by atoms with Crippen LogP contribution in [0.5, 0.6) is 0 Å². The predicted octanol–water partition coefficient (Wildman–Crippen LogP) is 1.91. The number of ether oxygens (including phenoxy) is 1. The molecule has 29 heavy (non-hydrogen) atoms. The molecule has 0 radical (unpaired) electrons. The van der Waals surface area contributed by atoms with Crippen LogP contribution in [0.4, 0.5) is 5.69 Å². The van der Waals surface area contributed by atoms with Crippen molar-refractivity contribution in [1.82, 2.24) is 10.3 Å². The van der Waals surface area contributed by atoms with Crippen LogP contribution < -0.4 is 5.32 Å². The molecule has 152 valence electrons. The number of amides is 1. The van der Waals surface area contributed by atoms with Crippen LogP contribution in [0.25, 0.3) is 0 Å². The number of aromatic nitrogens is 1. The minimum Gasteiger partial charge on any atom is -0.480 e. The first-order valence-corrected chi connectivity index (χ1v) is 8.67. The van der Waals surface area contributed by atoms with E-state index < -0.39 is 34.7 Å². The molecule has 1 aromatic carbocycles. The maximum absolute atomic E-state index is 12.4. The van der Waals surface area contributed by atoms with Gasteiger partial charge in [-0.2, -0.15) is 0 Å². The fourth-order valence-corrected chi connectivity index (χ4v) is 2.73. The Hall–Kier alpha value is -3.82. The summed E-state index contributed by atoms with van der Waals surface area (Å²) in [6.45, 7) is 1.71. The van der Waals surface area contributed by atoms with Crippen LogP contribution in [0, 0.1) is 10.1 Å². The number of pyridine rings is 1. The predicted molar refractivity (Wildman–Crippen MR) is 100 cm³/mol. The Morgan fingerprint density at radius 1 is 1.24 bits per heavy atom. The van der Waals surface area contributed by atoms with Crippen molar-refractivity contribution in [3.8, 4) is 0 Å². The third-order valence-electron chi connectivity index (χ3n) is 4.10. The first kappa shape index (κ1) is 21.5. The largest absolute Gasteiger partial charge is 0.480 e. The van der Waals surface area contributed by atoms with Gasteiger partial charge in [-0.3, -0.25) is 24.7 Å². The van der Waals surface area contributed by atoms with E-state index in [0.29, 0.717) is 5.56 Å². The molecule has 0 fully saturated rings. The maximum atomic E-state index is 12.4. The Labute approximate surface area is 165 Å². The second kappa shape index (κ2) is 9.93. The molecule has 0 spiro atoms. The van der Waals surface area contributed by atoms with Gasteiger partial charge in [-0.05, 0) is 24.6 Å². The van der Waals surface area contributed by atoms with E-state index in [1.165, 1.54) is 48.8 Å². The molecule has 1 aromatic heterocycles. The average molecular weight is 401 g/mol. The van der Waals surface area contributed by atoms with Crippen LogP contribution in [0.3, 0.4) is 0 Å². The number of nitro groups is 1. The molecule has 2 aromatic rings. The monoisotopic (exact) mass is 401 g/mol. The standard InChI is InChI=1S/C19H19N3O7/c1-2-29-16(23)10-15(12-5-7-14(8-6-12)22(27)28)17(19(25)26)21-18(24)13-4-3-9-20-11-13/h3-9,11,15,17H,2,10H2,1H3,(H,21,24)(H,25,26)/t15-,17+/m1/s1. The summed E-state index contributed by atoms with van der Waals surface area (Å²) >= 11 is 0. The van der Waals surface area contributed by atoms with Crippen LogP contribution in [0.2, 0.25) is 0 Å². The fourth-order valence-electron chi connectivity index (χ4n) is 2.73. The molecule has 2 rings (SSSR count). The minimum absolute atomic E-state index is 0.103. The Balaban J connectivity index is 2.36. The highest BCUT2D eigenvalue weighted by Crippen LogP contribution is 2.27. The number of benzene rings is 1. The van der Waals surface area contributed by atoms with Crippen molar-refractivity contribution in [2.75, 3.05) is 6.61 Å². The Morgan fingerprint density at radius 3 is 2.45 bits per heavy atom. The molecule has 1 heterocycles. The maximum Gasteiger partial charge on any atom is 0.326 e. The van der Waals surface area contributed by atoms with Gasteiger partial charge in [0.1, 0.15) is 6.04 Å². The molecule has 0 bridgehead atoms. The number of esters is 1. The van der Waals surface area contributed by atoms with Gasteiger partial charge in [-0.25, -0.2) is 4.79 Å². The molecule has 0 aliphatic rings. The van der Waals surface area contributed by atoms with Gasteiger partial charge in [0.25, 0.3) is 11.6 Å². The number of carbonyl (C=O) groups excluding carboxylic acids is 2. The molecule has 10 nitrogen and oxygen atoms in total. The molecule has 0 unspecified atom stereocenters. The highest BCUT2D eigenvalue weighted by Gasteiger charge is 2.33. The van der Waals surface area contributed by atoms with Crippen molar-refractivity contribution in [1.29, 1.82) is 0 Å². The molecular weight excluding hydrogens is 382 g/mol. The van der Waals surface area contributed by atoms with Gasteiger partial charge in [-0.15, -0.1) is 0 Å².